The van der Waals surface area contributed by atoms with Crippen LogP contribution >= 0.6 is 11.6 Å². The van der Waals surface area contributed by atoms with Crippen LogP contribution in [-0.2, 0) is 4.79 Å². The third kappa shape index (κ3) is 3.97. The number of carbonyl (C=O) groups excluding carboxylic acids is 1. The number of furan rings is 1. The van der Waals surface area contributed by atoms with Crippen molar-refractivity contribution in [3.8, 4) is 17.4 Å². The van der Waals surface area contributed by atoms with E-state index >= 15 is 0 Å². The summed E-state index contributed by atoms with van der Waals surface area (Å²) in [7, 11) is 0. The monoisotopic (exact) mass is 348 g/mol. The van der Waals surface area contributed by atoms with Gasteiger partial charge in [0.1, 0.15) is 23.2 Å². The Morgan fingerprint density at radius 3 is 2.48 bits per heavy atom. The second kappa shape index (κ2) is 7.52. The molecule has 5 heteroatoms. The third-order valence-electron chi connectivity index (χ3n) is 3.45. The average Bonchev–Trinajstić information content (AvgIpc) is 3.09. The molecule has 0 saturated heterocycles. The smallest absolute Gasteiger partial charge is 0.266 e. The Morgan fingerprint density at radius 1 is 1.04 bits per heavy atom. The molecule has 0 unspecified atom stereocenters. The van der Waals surface area contributed by atoms with E-state index in [1.807, 2.05) is 30.3 Å². The van der Waals surface area contributed by atoms with Crippen molar-refractivity contribution in [2.24, 2.45) is 0 Å². The molecule has 0 atom stereocenters. The molecule has 25 heavy (non-hydrogen) atoms. The number of benzene rings is 2. The predicted molar refractivity (Wildman–Crippen MR) is 97.8 cm³/mol. The molecule has 0 aliphatic carbocycles. The fraction of sp³-hybridized carbons (Fsp3) is 0. The lowest BCUT2D eigenvalue weighted by molar-refractivity contribution is -0.112. The van der Waals surface area contributed by atoms with E-state index in [4.69, 9.17) is 16.0 Å². The number of hydrogen-bond acceptors (Lipinski definition) is 3. The molecule has 1 aromatic heterocycles. The number of amides is 1. The first-order valence-electron chi connectivity index (χ1n) is 7.50. The van der Waals surface area contributed by atoms with Gasteiger partial charge in [0.05, 0.1) is 5.02 Å². The SMILES string of the molecule is N#C/C(=C\c1ccc(-c2ccccc2Cl)o1)C(=O)Nc1ccccc1. The lowest BCUT2D eigenvalue weighted by atomic mass is 10.2. The summed E-state index contributed by atoms with van der Waals surface area (Å²) in [6.45, 7) is 0. The standard InChI is InChI=1S/C20H13ClN2O2/c21-18-9-5-4-8-17(18)19-11-10-16(25-19)12-14(13-22)20(24)23-15-6-2-1-3-7-15/h1-12H,(H,23,24)/b14-12+. The molecule has 0 saturated carbocycles. The second-order valence-electron chi connectivity index (χ2n) is 5.17. The minimum Gasteiger partial charge on any atom is -0.457 e. The van der Waals surface area contributed by atoms with E-state index in [1.165, 1.54) is 6.08 Å². The lowest BCUT2D eigenvalue weighted by Gasteiger charge is -2.03. The predicted octanol–water partition coefficient (Wildman–Crippen LogP) is 5.15. The Kier molecular flexibility index (Phi) is 4.98. The zero-order chi connectivity index (χ0) is 17.6. The van der Waals surface area contributed by atoms with Gasteiger partial charge in [0.15, 0.2) is 0 Å². The second-order valence-corrected chi connectivity index (χ2v) is 5.58. The summed E-state index contributed by atoms with van der Waals surface area (Å²) in [4.78, 5) is 12.2. The molecular weight excluding hydrogens is 336 g/mol. The van der Waals surface area contributed by atoms with Crippen molar-refractivity contribution in [3.05, 3.63) is 83.1 Å². The van der Waals surface area contributed by atoms with Crippen molar-refractivity contribution in [1.29, 1.82) is 5.26 Å². The molecule has 0 aliphatic rings. The highest BCUT2D eigenvalue weighted by Crippen LogP contribution is 2.29. The highest BCUT2D eigenvalue weighted by atomic mass is 35.5. The van der Waals surface area contributed by atoms with E-state index in [0.717, 1.165) is 5.56 Å². The maximum absolute atomic E-state index is 12.2. The van der Waals surface area contributed by atoms with E-state index in [0.29, 0.717) is 22.2 Å². The van der Waals surface area contributed by atoms with Crippen molar-refractivity contribution < 1.29 is 9.21 Å². The molecule has 4 nitrogen and oxygen atoms in total. The first-order chi connectivity index (χ1) is 12.2. The maximum Gasteiger partial charge on any atom is 0.266 e. The molecule has 1 amide bonds. The summed E-state index contributed by atoms with van der Waals surface area (Å²) in [6, 6.07) is 21.5. The van der Waals surface area contributed by atoms with Gasteiger partial charge in [0.25, 0.3) is 5.91 Å². The van der Waals surface area contributed by atoms with Gasteiger partial charge >= 0.3 is 0 Å². The van der Waals surface area contributed by atoms with Crippen LogP contribution in [0.15, 0.2) is 76.7 Å². The third-order valence-corrected chi connectivity index (χ3v) is 3.78. The zero-order valence-corrected chi connectivity index (χ0v) is 13.8. The van der Waals surface area contributed by atoms with Gasteiger partial charge in [-0.2, -0.15) is 5.26 Å². The van der Waals surface area contributed by atoms with Gasteiger partial charge in [-0.15, -0.1) is 0 Å². The molecule has 3 rings (SSSR count). The number of hydrogen-bond donors (Lipinski definition) is 1. The minimum atomic E-state index is -0.496. The van der Waals surface area contributed by atoms with Crippen LogP contribution < -0.4 is 5.32 Å². The van der Waals surface area contributed by atoms with E-state index < -0.39 is 5.91 Å². The molecule has 2 aromatic carbocycles. The Balaban J connectivity index is 1.83. The quantitative estimate of drug-likeness (QED) is 0.524. The van der Waals surface area contributed by atoms with Gasteiger partial charge in [-0.3, -0.25) is 4.79 Å². The topological polar surface area (TPSA) is 66.0 Å². The number of rotatable bonds is 4. The number of anilines is 1. The number of nitrogens with one attached hydrogen (secondary N) is 1. The van der Waals surface area contributed by atoms with Crippen molar-refractivity contribution >= 4 is 29.3 Å². The number of halogens is 1. The summed E-state index contributed by atoms with van der Waals surface area (Å²) in [5, 5.41) is 12.5. The van der Waals surface area contributed by atoms with Crippen LogP contribution in [-0.4, -0.2) is 5.91 Å². The highest BCUT2D eigenvalue weighted by molar-refractivity contribution is 6.33. The maximum atomic E-state index is 12.2. The van der Waals surface area contributed by atoms with Gasteiger partial charge in [0.2, 0.25) is 0 Å². The lowest BCUT2D eigenvalue weighted by Crippen LogP contribution is -2.13. The van der Waals surface area contributed by atoms with Crippen LogP contribution in [0.1, 0.15) is 5.76 Å². The summed E-state index contributed by atoms with van der Waals surface area (Å²) in [5.41, 5.74) is 1.31. The fourth-order valence-electron chi connectivity index (χ4n) is 2.25. The molecule has 1 heterocycles. The number of nitriles is 1. The van der Waals surface area contributed by atoms with Gasteiger partial charge in [-0.25, -0.2) is 0 Å². The average molecular weight is 349 g/mol. The molecule has 0 fully saturated rings. The van der Waals surface area contributed by atoms with Crippen LogP contribution in [0, 0.1) is 11.3 Å². The van der Waals surface area contributed by atoms with Crippen LogP contribution in [0.4, 0.5) is 5.69 Å². The minimum absolute atomic E-state index is 0.0519. The van der Waals surface area contributed by atoms with Gasteiger partial charge in [-0.05, 0) is 36.4 Å². The molecule has 1 N–H and O–H groups in total. The Hall–Kier alpha value is -3.29. The summed E-state index contributed by atoms with van der Waals surface area (Å²) in [6.07, 6.45) is 1.40. The summed E-state index contributed by atoms with van der Waals surface area (Å²) < 4.78 is 5.69. The highest BCUT2D eigenvalue weighted by Gasteiger charge is 2.12. The Morgan fingerprint density at radius 2 is 1.76 bits per heavy atom. The zero-order valence-electron chi connectivity index (χ0n) is 13.1. The fourth-order valence-corrected chi connectivity index (χ4v) is 2.48. The van der Waals surface area contributed by atoms with Crippen LogP contribution in [0.2, 0.25) is 5.02 Å². The normalized spacial score (nSPS) is 11.0. The molecule has 3 aromatic rings. The van der Waals surface area contributed by atoms with Crippen LogP contribution in [0.5, 0.6) is 0 Å². The molecule has 122 valence electrons. The summed E-state index contributed by atoms with van der Waals surface area (Å²) >= 11 is 6.15. The van der Waals surface area contributed by atoms with E-state index in [2.05, 4.69) is 5.32 Å². The van der Waals surface area contributed by atoms with Crippen molar-refractivity contribution in [3.63, 3.8) is 0 Å². The van der Waals surface area contributed by atoms with E-state index in [1.54, 1.807) is 42.5 Å². The molecular formula is C20H13ClN2O2. The van der Waals surface area contributed by atoms with Crippen LogP contribution in [0.25, 0.3) is 17.4 Å². The molecule has 0 spiro atoms. The number of para-hydroxylation sites is 1. The van der Waals surface area contributed by atoms with Gasteiger partial charge in [0, 0.05) is 17.3 Å². The first kappa shape index (κ1) is 16.6. The largest absolute Gasteiger partial charge is 0.457 e. The van der Waals surface area contributed by atoms with Gasteiger partial charge < -0.3 is 9.73 Å². The van der Waals surface area contributed by atoms with Crippen LogP contribution in [0.3, 0.4) is 0 Å². The van der Waals surface area contributed by atoms with Crippen molar-refractivity contribution in [2.75, 3.05) is 5.32 Å². The molecule has 0 radical (unpaired) electrons. The number of carbonyl (C=O) groups is 1. The van der Waals surface area contributed by atoms with Crippen molar-refractivity contribution in [1.82, 2.24) is 0 Å². The summed E-state index contributed by atoms with van der Waals surface area (Å²) in [5.74, 6) is 0.469. The Labute approximate surface area is 150 Å². The van der Waals surface area contributed by atoms with Gasteiger partial charge in [-0.1, -0.05) is 41.9 Å². The molecule has 0 bridgehead atoms. The van der Waals surface area contributed by atoms with Crippen molar-refractivity contribution in [2.45, 2.75) is 0 Å². The first-order valence-corrected chi connectivity index (χ1v) is 7.88. The van der Waals surface area contributed by atoms with E-state index in [9.17, 15) is 10.1 Å². The Bertz CT molecular complexity index is 969. The molecule has 0 aliphatic heterocycles. The van der Waals surface area contributed by atoms with E-state index in [-0.39, 0.29) is 5.57 Å². The number of nitrogens with zero attached hydrogens (tertiary/aromatic N) is 1.